The van der Waals surface area contributed by atoms with E-state index in [1.807, 2.05) is 36.4 Å². The van der Waals surface area contributed by atoms with Crippen molar-refractivity contribution in [1.29, 1.82) is 0 Å². The number of carbonyl (C=O) groups is 1. The minimum absolute atomic E-state index is 0.0753. The molecular formula is C14H10N2OS. The van der Waals surface area contributed by atoms with Gasteiger partial charge in [-0.15, -0.1) is 11.3 Å². The summed E-state index contributed by atoms with van der Waals surface area (Å²) in [5, 5.41) is 2.29. The molecule has 1 atom stereocenters. The number of aromatic nitrogens is 1. The van der Waals surface area contributed by atoms with Crippen LogP contribution in [-0.2, 0) is 5.54 Å². The maximum atomic E-state index is 12.6. The molecule has 0 saturated carbocycles. The van der Waals surface area contributed by atoms with Gasteiger partial charge in [0.2, 0.25) is 5.78 Å². The average Bonchev–Trinajstić information content (AvgIpc) is 3.11. The number of ketones is 1. The highest BCUT2D eigenvalue weighted by Crippen LogP contribution is 2.34. The largest absolute Gasteiger partial charge is 0.288 e. The van der Waals surface area contributed by atoms with Crippen molar-refractivity contribution < 1.29 is 4.79 Å². The van der Waals surface area contributed by atoms with Gasteiger partial charge in [0.15, 0.2) is 10.5 Å². The third-order valence-corrected chi connectivity index (χ3v) is 3.66. The van der Waals surface area contributed by atoms with Crippen LogP contribution in [0.3, 0.4) is 0 Å². The lowest BCUT2D eigenvalue weighted by molar-refractivity contribution is 0.0923. The summed E-state index contributed by atoms with van der Waals surface area (Å²) in [5.74, 6) is -0.0753. The number of allylic oxidation sites excluding steroid dienone is 1. The van der Waals surface area contributed by atoms with E-state index in [-0.39, 0.29) is 5.78 Å². The molecule has 1 aliphatic heterocycles. The zero-order chi connectivity index (χ0) is 12.4. The number of carbonyl (C=O) groups excluding carboxylic acids is 1. The predicted octanol–water partition coefficient (Wildman–Crippen LogP) is 2.86. The van der Waals surface area contributed by atoms with Gasteiger partial charge in [-0.25, -0.2) is 4.98 Å². The van der Waals surface area contributed by atoms with Crippen LogP contribution >= 0.6 is 11.3 Å². The van der Waals surface area contributed by atoms with Gasteiger partial charge in [0.05, 0.1) is 0 Å². The topological polar surface area (TPSA) is 42.3 Å². The van der Waals surface area contributed by atoms with Crippen molar-refractivity contribution in [2.45, 2.75) is 5.54 Å². The molecular weight excluding hydrogens is 244 g/mol. The van der Waals surface area contributed by atoms with Gasteiger partial charge in [0.25, 0.3) is 0 Å². The van der Waals surface area contributed by atoms with Gasteiger partial charge >= 0.3 is 0 Å². The SMILES string of the molecule is O=C(c1nccs1)C1(c2ccccc2)C=CC=N1. The van der Waals surface area contributed by atoms with Crippen molar-refractivity contribution in [1.82, 2.24) is 4.98 Å². The molecule has 1 unspecified atom stereocenters. The first kappa shape index (κ1) is 11.0. The van der Waals surface area contributed by atoms with Gasteiger partial charge in [-0.1, -0.05) is 30.3 Å². The predicted molar refractivity (Wildman–Crippen MR) is 72.2 cm³/mol. The number of aliphatic imine (C=N–C) groups is 1. The van der Waals surface area contributed by atoms with Crippen molar-refractivity contribution in [2.75, 3.05) is 0 Å². The number of Topliss-reactive ketones (excluding diaryl/α,β-unsaturated/α-hetero) is 1. The Morgan fingerprint density at radius 1 is 1.22 bits per heavy atom. The minimum Gasteiger partial charge on any atom is -0.288 e. The van der Waals surface area contributed by atoms with Gasteiger partial charge in [-0.2, -0.15) is 0 Å². The van der Waals surface area contributed by atoms with E-state index in [4.69, 9.17) is 0 Å². The number of thiazole rings is 1. The highest BCUT2D eigenvalue weighted by atomic mass is 32.1. The number of hydrogen-bond donors (Lipinski definition) is 0. The third-order valence-electron chi connectivity index (χ3n) is 2.89. The molecule has 1 aliphatic rings. The molecule has 0 N–H and O–H groups in total. The van der Waals surface area contributed by atoms with Crippen LogP contribution in [0.5, 0.6) is 0 Å². The second kappa shape index (κ2) is 4.31. The molecule has 18 heavy (non-hydrogen) atoms. The number of rotatable bonds is 3. The molecule has 1 aromatic carbocycles. The van der Waals surface area contributed by atoms with Crippen molar-refractivity contribution in [2.24, 2.45) is 4.99 Å². The Balaban J connectivity index is 2.12. The molecule has 0 radical (unpaired) electrons. The molecule has 1 aromatic heterocycles. The summed E-state index contributed by atoms with van der Waals surface area (Å²) in [7, 11) is 0. The maximum absolute atomic E-state index is 12.6. The number of hydrogen-bond acceptors (Lipinski definition) is 4. The van der Waals surface area contributed by atoms with E-state index in [2.05, 4.69) is 9.98 Å². The van der Waals surface area contributed by atoms with E-state index in [0.29, 0.717) is 5.01 Å². The third kappa shape index (κ3) is 1.62. The summed E-state index contributed by atoms with van der Waals surface area (Å²) in [6, 6.07) is 9.58. The Morgan fingerprint density at radius 2 is 2.06 bits per heavy atom. The fourth-order valence-electron chi connectivity index (χ4n) is 2.01. The molecule has 0 spiro atoms. The van der Waals surface area contributed by atoms with Gasteiger partial charge < -0.3 is 0 Å². The summed E-state index contributed by atoms with van der Waals surface area (Å²) in [5.41, 5.74) is -0.0609. The number of nitrogens with zero attached hydrogens (tertiary/aromatic N) is 2. The second-order valence-corrected chi connectivity index (χ2v) is 4.83. The Kier molecular flexibility index (Phi) is 2.64. The van der Waals surface area contributed by atoms with Crippen LogP contribution < -0.4 is 0 Å². The molecule has 0 bridgehead atoms. The lowest BCUT2D eigenvalue weighted by Gasteiger charge is -2.21. The zero-order valence-corrected chi connectivity index (χ0v) is 10.3. The van der Waals surface area contributed by atoms with E-state index >= 15 is 0 Å². The molecule has 3 rings (SSSR count). The second-order valence-electron chi connectivity index (χ2n) is 3.94. The Morgan fingerprint density at radius 3 is 2.67 bits per heavy atom. The summed E-state index contributed by atoms with van der Waals surface area (Å²) < 4.78 is 0. The van der Waals surface area contributed by atoms with Crippen LogP contribution in [0, 0.1) is 0 Å². The summed E-state index contributed by atoms with van der Waals surface area (Å²) in [4.78, 5) is 21.1. The normalized spacial score (nSPS) is 21.3. The molecule has 88 valence electrons. The van der Waals surface area contributed by atoms with Gasteiger partial charge in [0, 0.05) is 17.8 Å². The van der Waals surface area contributed by atoms with E-state index in [1.54, 1.807) is 23.9 Å². The Hall–Kier alpha value is -2.07. The minimum atomic E-state index is -0.931. The molecule has 2 aromatic rings. The highest BCUT2D eigenvalue weighted by molar-refractivity contribution is 7.11. The van der Waals surface area contributed by atoms with E-state index in [9.17, 15) is 4.79 Å². The summed E-state index contributed by atoms with van der Waals surface area (Å²) in [6.07, 6.45) is 6.93. The quantitative estimate of drug-likeness (QED) is 0.790. The first-order valence-corrected chi connectivity index (χ1v) is 6.44. The fraction of sp³-hybridized carbons (Fsp3) is 0.0714. The summed E-state index contributed by atoms with van der Waals surface area (Å²) >= 11 is 1.34. The fourth-order valence-corrected chi connectivity index (χ4v) is 2.65. The van der Waals surface area contributed by atoms with Crippen LogP contribution in [0.2, 0.25) is 0 Å². The average molecular weight is 254 g/mol. The molecule has 0 amide bonds. The number of benzene rings is 1. The van der Waals surface area contributed by atoms with Gasteiger partial charge in [0.1, 0.15) is 0 Å². The van der Waals surface area contributed by atoms with E-state index < -0.39 is 5.54 Å². The monoisotopic (exact) mass is 254 g/mol. The van der Waals surface area contributed by atoms with Crippen LogP contribution in [-0.4, -0.2) is 17.0 Å². The van der Waals surface area contributed by atoms with E-state index in [0.717, 1.165) is 5.56 Å². The summed E-state index contributed by atoms with van der Waals surface area (Å²) in [6.45, 7) is 0. The van der Waals surface area contributed by atoms with Crippen LogP contribution in [0.1, 0.15) is 15.4 Å². The van der Waals surface area contributed by atoms with E-state index in [1.165, 1.54) is 11.3 Å². The lowest BCUT2D eigenvalue weighted by Crippen LogP contribution is -2.30. The van der Waals surface area contributed by atoms with Gasteiger partial charge in [-0.05, 0) is 17.7 Å². The van der Waals surface area contributed by atoms with Crippen molar-refractivity contribution in [3.05, 3.63) is 64.6 Å². The molecule has 0 aliphatic carbocycles. The molecule has 3 nitrogen and oxygen atoms in total. The zero-order valence-electron chi connectivity index (χ0n) is 9.48. The Bertz CT molecular complexity index is 603. The first-order chi connectivity index (χ1) is 8.83. The smallest absolute Gasteiger partial charge is 0.227 e. The molecule has 4 heteroatoms. The first-order valence-electron chi connectivity index (χ1n) is 5.56. The van der Waals surface area contributed by atoms with Crippen LogP contribution in [0.4, 0.5) is 0 Å². The molecule has 0 saturated heterocycles. The Labute approximate surface area is 109 Å². The van der Waals surface area contributed by atoms with Gasteiger partial charge in [-0.3, -0.25) is 9.79 Å². The van der Waals surface area contributed by atoms with Crippen LogP contribution in [0.15, 0.2) is 59.1 Å². The standard InChI is InChI=1S/C14H10N2OS/c17-12(13-15-9-10-18-13)14(7-4-8-16-14)11-5-2-1-3-6-11/h1-10H. The molecule has 2 heterocycles. The van der Waals surface area contributed by atoms with Crippen LogP contribution in [0.25, 0.3) is 0 Å². The van der Waals surface area contributed by atoms with Crippen molar-refractivity contribution in [3.63, 3.8) is 0 Å². The van der Waals surface area contributed by atoms with Crippen molar-refractivity contribution in [3.8, 4) is 0 Å². The lowest BCUT2D eigenvalue weighted by atomic mass is 9.87. The molecule has 0 fully saturated rings. The maximum Gasteiger partial charge on any atom is 0.227 e. The highest BCUT2D eigenvalue weighted by Gasteiger charge is 2.40. The van der Waals surface area contributed by atoms with Crippen molar-refractivity contribution >= 4 is 23.3 Å².